The highest BCUT2D eigenvalue weighted by atomic mass is 16.2. The maximum Gasteiger partial charge on any atom is 0.276 e. The number of hydrogen-bond acceptors (Lipinski definition) is 5. The number of benzene rings is 1. The van der Waals surface area contributed by atoms with Gasteiger partial charge in [-0.1, -0.05) is 6.92 Å². The van der Waals surface area contributed by atoms with Crippen molar-refractivity contribution in [3.05, 3.63) is 47.7 Å². The molecule has 0 saturated carbocycles. The van der Waals surface area contributed by atoms with E-state index in [2.05, 4.69) is 27.3 Å². The van der Waals surface area contributed by atoms with Gasteiger partial charge in [-0.3, -0.25) is 9.59 Å². The quantitative estimate of drug-likeness (QED) is 0.831. The van der Waals surface area contributed by atoms with Gasteiger partial charge in [0.2, 0.25) is 0 Å². The van der Waals surface area contributed by atoms with Crippen LogP contribution >= 0.6 is 0 Å². The van der Waals surface area contributed by atoms with Gasteiger partial charge in [-0.05, 0) is 69.0 Å². The minimum atomic E-state index is -0.315. The second-order valence-electron chi connectivity index (χ2n) is 6.62. The van der Waals surface area contributed by atoms with Crippen LogP contribution in [0.5, 0.6) is 0 Å². The molecule has 0 spiro atoms. The van der Waals surface area contributed by atoms with E-state index in [0.29, 0.717) is 17.3 Å². The molecule has 1 aliphatic heterocycles. The summed E-state index contributed by atoms with van der Waals surface area (Å²) in [6.07, 6.45) is 4.68. The van der Waals surface area contributed by atoms with Crippen LogP contribution in [0, 0.1) is 0 Å². The molecule has 1 saturated heterocycles. The Kier molecular flexibility index (Phi) is 5.61. The molecule has 1 N–H and O–H groups in total. The number of carbonyl (C=O) groups excluding carboxylic acids is 2. The summed E-state index contributed by atoms with van der Waals surface area (Å²) in [5.41, 5.74) is 1.50. The fraction of sp³-hybridized carbons (Fsp3) is 0.400. The van der Waals surface area contributed by atoms with E-state index in [9.17, 15) is 9.59 Å². The summed E-state index contributed by atoms with van der Waals surface area (Å²) >= 11 is 0. The van der Waals surface area contributed by atoms with Gasteiger partial charge in [-0.25, -0.2) is 0 Å². The lowest BCUT2D eigenvalue weighted by molar-refractivity contribution is 0.101. The molecule has 1 aromatic heterocycles. The Balaban J connectivity index is 1.67. The highest BCUT2D eigenvalue weighted by molar-refractivity contribution is 6.03. The number of aromatic nitrogens is 2. The van der Waals surface area contributed by atoms with Gasteiger partial charge in [0, 0.05) is 23.8 Å². The van der Waals surface area contributed by atoms with E-state index in [0.717, 1.165) is 25.2 Å². The lowest BCUT2D eigenvalue weighted by Crippen LogP contribution is -2.39. The minimum absolute atomic E-state index is 0.00701. The fourth-order valence-electron chi connectivity index (χ4n) is 3.31. The SMILES string of the molecule is CCC1CCCCN1c1ccc(C(=O)Nc2ccc(C(C)=O)cc2)nn1. The molecule has 1 fully saturated rings. The maximum atomic E-state index is 12.3. The van der Waals surface area contributed by atoms with Crippen LogP contribution in [0.1, 0.15) is 60.4 Å². The summed E-state index contributed by atoms with van der Waals surface area (Å²) in [4.78, 5) is 25.9. The molecule has 6 nitrogen and oxygen atoms in total. The topological polar surface area (TPSA) is 75.2 Å². The van der Waals surface area contributed by atoms with Crippen molar-refractivity contribution < 1.29 is 9.59 Å². The molecule has 1 unspecified atom stereocenters. The Hall–Kier alpha value is -2.76. The zero-order valence-corrected chi connectivity index (χ0v) is 15.2. The first-order valence-corrected chi connectivity index (χ1v) is 9.11. The van der Waals surface area contributed by atoms with E-state index >= 15 is 0 Å². The first-order chi connectivity index (χ1) is 12.6. The van der Waals surface area contributed by atoms with Crippen LogP contribution in [-0.2, 0) is 0 Å². The molecule has 2 aromatic rings. The predicted molar refractivity (Wildman–Crippen MR) is 102 cm³/mol. The molecule has 6 heteroatoms. The van der Waals surface area contributed by atoms with E-state index in [1.54, 1.807) is 30.3 Å². The maximum absolute atomic E-state index is 12.3. The number of carbonyl (C=O) groups is 2. The van der Waals surface area contributed by atoms with Crippen molar-refractivity contribution in [1.29, 1.82) is 0 Å². The molecule has 2 heterocycles. The largest absolute Gasteiger partial charge is 0.352 e. The van der Waals surface area contributed by atoms with Crippen molar-refractivity contribution in [2.24, 2.45) is 0 Å². The number of rotatable bonds is 5. The molecule has 1 amide bonds. The Morgan fingerprint density at radius 3 is 2.50 bits per heavy atom. The normalized spacial score (nSPS) is 17.0. The molecule has 3 rings (SSSR count). The van der Waals surface area contributed by atoms with Gasteiger partial charge < -0.3 is 10.2 Å². The van der Waals surface area contributed by atoms with Crippen molar-refractivity contribution in [2.75, 3.05) is 16.8 Å². The number of hydrogen-bond donors (Lipinski definition) is 1. The highest BCUT2D eigenvalue weighted by Gasteiger charge is 2.22. The zero-order chi connectivity index (χ0) is 18.5. The van der Waals surface area contributed by atoms with E-state index in [1.807, 2.05) is 6.07 Å². The van der Waals surface area contributed by atoms with Gasteiger partial charge in [0.25, 0.3) is 5.91 Å². The Morgan fingerprint density at radius 1 is 1.12 bits per heavy atom. The van der Waals surface area contributed by atoms with Crippen molar-refractivity contribution in [1.82, 2.24) is 10.2 Å². The fourth-order valence-corrected chi connectivity index (χ4v) is 3.31. The summed E-state index contributed by atoms with van der Waals surface area (Å²) in [5.74, 6) is 0.511. The van der Waals surface area contributed by atoms with Gasteiger partial charge in [-0.2, -0.15) is 0 Å². The Bertz CT molecular complexity index is 771. The molecule has 136 valence electrons. The number of ketones is 1. The molecule has 1 aliphatic rings. The average Bonchev–Trinajstić information content (AvgIpc) is 2.68. The van der Waals surface area contributed by atoms with Crippen molar-refractivity contribution in [2.45, 2.75) is 45.6 Å². The third kappa shape index (κ3) is 4.07. The Labute approximate surface area is 153 Å². The summed E-state index contributed by atoms with van der Waals surface area (Å²) in [5, 5.41) is 11.2. The monoisotopic (exact) mass is 352 g/mol. The zero-order valence-electron chi connectivity index (χ0n) is 15.2. The van der Waals surface area contributed by atoms with Crippen LogP contribution in [0.3, 0.4) is 0 Å². The van der Waals surface area contributed by atoms with Crippen LogP contribution in [0.4, 0.5) is 11.5 Å². The third-order valence-corrected chi connectivity index (χ3v) is 4.83. The van der Waals surface area contributed by atoms with E-state index in [4.69, 9.17) is 0 Å². The molecule has 0 radical (unpaired) electrons. The molecule has 26 heavy (non-hydrogen) atoms. The van der Waals surface area contributed by atoms with Crippen molar-refractivity contribution in [3.8, 4) is 0 Å². The van der Waals surface area contributed by atoms with Crippen LogP contribution in [0.25, 0.3) is 0 Å². The number of nitrogens with one attached hydrogen (secondary N) is 1. The summed E-state index contributed by atoms with van der Waals surface area (Å²) in [6.45, 7) is 4.69. The third-order valence-electron chi connectivity index (χ3n) is 4.83. The standard InChI is InChI=1S/C20H24N4O2/c1-3-17-6-4-5-13-24(17)19-12-11-18(22-23-19)20(26)21-16-9-7-15(8-10-16)14(2)25/h7-12,17H,3-6,13H2,1-2H3,(H,21,26). The number of Topliss-reactive ketones (excluding diaryl/α,β-unsaturated/α-hetero) is 1. The van der Waals surface area contributed by atoms with Crippen LogP contribution < -0.4 is 10.2 Å². The van der Waals surface area contributed by atoms with Gasteiger partial charge in [0.05, 0.1) is 0 Å². The van der Waals surface area contributed by atoms with Gasteiger partial charge in [-0.15, -0.1) is 10.2 Å². The summed E-state index contributed by atoms with van der Waals surface area (Å²) in [7, 11) is 0. The summed E-state index contributed by atoms with van der Waals surface area (Å²) in [6, 6.07) is 10.9. The predicted octanol–water partition coefficient (Wildman–Crippen LogP) is 3.70. The molecular formula is C20H24N4O2. The van der Waals surface area contributed by atoms with E-state index in [1.165, 1.54) is 19.8 Å². The Morgan fingerprint density at radius 2 is 1.88 bits per heavy atom. The number of piperidine rings is 1. The number of amides is 1. The average molecular weight is 352 g/mol. The van der Waals surface area contributed by atoms with Crippen molar-refractivity contribution >= 4 is 23.2 Å². The first kappa shape index (κ1) is 18.0. The van der Waals surface area contributed by atoms with E-state index < -0.39 is 0 Å². The lowest BCUT2D eigenvalue weighted by atomic mass is 10.0. The number of nitrogens with zero attached hydrogens (tertiary/aromatic N) is 3. The van der Waals surface area contributed by atoms with Gasteiger partial charge >= 0.3 is 0 Å². The molecule has 0 aliphatic carbocycles. The molecule has 0 bridgehead atoms. The second-order valence-corrected chi connectivity index (χ2v) is 6.62. The second kappa shape index (κ2) is 8.08. The van der Waals surface area contributed by atoms with Crippen LogP contribution in [0.2, 0.25) is 0 Å². The van der Waals surface area contributed by atoms with Crippen LogP contribution in [-0.4, -0.2) is 34.5 Å². The minimum Gasteiger partial charge on any atom is -0.352 e. The number of anilines is 2. The van der Waals surface area contributed by atoms with Crippen LogP contribution in [0.15, 0.2) is 36.4 Å². The van der Waals surface area contributed by atoms with Gasteiger partial charge in [0.15, 0.2) is 17.3 Å². The first-order valence-electron chi connectivity index (χ1n) is 9.11. The molecule has 1 aromatic carbocycles. The van der Waals surface area contributed by atoms with E-state index in [-0.39, 0.29) is 17.4 Å². The highest BCUT2D eigenvalue weighted by Crippen LogP contribution is 2.24. The smallest absolute Gasteiger partial charge is 0.276 e. The van der Waals surface area contributed by atoms with Gasteiger partial charge in [0.1, 0.15) is 0 Å². The lowest BCUT2D eigenvalue weighted by Gasteiger charge is -2.35. The molecular weight excluding hydrogens is 328 g/mol. The van der Waals surface area contributed by atoms with Crippen molar-refractivity contribution in [3.63, 3.8) is 0 Å². The molecule has 1 atom stereocenters. The summed E-state index contributed by atoms with van der Waals surface area (Å²) < 4.78 is 0.